The fourth-order valence-electron chi connectivity index (χ4n) is 3.81. The number of hydrogen-bond acceptors (Lipinski definition) is 5. The summed E-state index contributed by atoms with van der Waals surface area (Å²) >= 11 is 0. The summed E-state index contributed by atoms with van der Waals surface area (Å²) in [7, 11) is -3.83. The maximum absolute atomic E-state index is 14.6. The van der Waals surface area contributed by atoms with E-state index in [1.54, 1.807) is 34.9 Å². The third kappa shape index (κ3) is 4.70. The lowest BCUT2D eigenvalue weighted by atomic mass is 10.2. The van der Waals surface area contributed by atoms with Gasteiger partial charge in [-0.25, -0.2) is 17.8 Å². The van der Waals surface area contributed by atoms with Crippen LogP contribution in [0.3, 0.4) is 0 Å². The smallest absolute Gasteiger partial charge is 0.255 e. The zero-order valence-corrected chi connectivity index (χ0v) is 19.5. The van der Waals surface area contributed by atoms with Crippen molar-refractivity contribution in [3.63, 3.8) is 0 Å². The Morgan fingerprint density at radius 2 is 1.79 bits per heavy atom. The van der Waals surface area contributed by atoms with E-state index in [2.05, 4.69) is 10.3 Å². The second-order valence-electron chi connectivity index (χ2n) is 7.90. The molecule has 1 N–H and O–H groups in total. The molecule has 2 amide bonds. The molecule has 178 valence electrons. The topological polar surface area (TPSA) is 105 Å². The molecule has 0 aliphatic carbocycles. The fraction of sp³-hybridized carbons (Fsp3) is 0.261. The number of benzene rings is 2. The van der Waals surface area contributed by atoms with Gasteiger partial charge in [0, 0.05) is 56.7 Å². The third-order valence-electron chi connectivity index (χ3n) is 5.71. The lowest BCUT2D eigenvalue weighted by Crippen LogP contribution is -2.49. The zero-order chi connectivity index (χ0) is 24.5. The van der Waals surface area contributed by atoms with Gasteiger partial charge in [0.2, 0.25) is 15.9 Å². The number of carbonyl (C=O) groups is 2. The molecule has 1 aliphatic heterocycles. The number of anilines is 1. The van der Waals surface area contributed by atoms with E-state index in [1.165, 1.54) is 47.6 Å². The first-order chi connectivity index (χ1) is 16.2. The molecule has 0 saturated carbocycles. The minimum absolute atomic E-state index is 0.0199. The van der Waals surface area contributed by atoms with E-state index < -0.39 is 21.7 Å². The minimum atomic E-state index is -3.83. The van der Waals surface area contributed by atoms with Gasteiger partial charge in [-0.1, -0.05) is 6.07 Å². The predicted octanol–water partition coefficient (Wildman–Crippen LogP) is 2.42. The minimum Gasteiger partial charge on any atom is -0.340 e. The van der Waals surface area contributed by atoms with Gasteiger partial charge in [-0.15, -0.1) is 0 Å². The molecule has 0 bridgehead atoms. The monoisotopic (exact) mass is 485 g/mol. The van der Waals surface area contributed by atoms with Gasteiger partial charge in [0.05, 0.1) is 10.6 Å². The van der Waals surface area contributed by atoms with Gasteiger partial charge < -0.3 is 14.8 Å². The Morgan fingerprint density at radius 3 is 2.41 bits per heavy atom. The van der Waals surface area contributed by atoms with Crippen molar-refractivity contribution in [2.75, 3.05) is 31.5 Å². The summed E-state index contributed by atoms with van der Waals surface area (Å²) in [5, 5.41) is 2.61. The van der Waals surface area contributed by atoms with Crippen LogP contribution >= 0.6 is 0 Å². The first-order valence-corrected chi connectivity index (χ1v) is 12.1. The normalized spacial score (nSPS) is 14.7. The van der Waals surface area contributed by atoms with Gasteiger partial charge in [0.1, 0.15) is 11.6 Å². The van der Waals surface area contributed by atoms with Crippen LogP contribution in [0.15, 0.2) is 59.8 Å². The number of rotatable bonds is 5. The number of sulfonamides is 1. The van der Waals surface area contributed by atoms with Crippen molar-refractivity contribution in [3.05, 3.63) is 72.1 Å². The zero-order valence-electron chi connectivity index (χ0n) is 18.7. The van der Waals surface area contributed by atoms with Crippen molar-refractivity contribution in [3.8, 4) is 5.69 Å². The van der Waals surface area contributed by atoms with E-state index >= 15 is 0 Å². The number of hydrogen-bond donors (Lipinski definition) is 1. The van der Waals surface area contributed by atoms with E-state index in [0.29, 0.717) is 24.6 Å². The molecule has 4 rings (SSSR count). The van der Waals surface area contributed by atoms with Crippen LogP contribution in [0.5, 0.6) is 0 Å². The molecule has 11 heteroatoms. The maximum Gasteiger partial charge on any atom is 0.255 e. The van der Waals surface area contributed by atoms with E-state index in [0.717, 1.165) is 0 Å². The number of carbonyl (C=O) groups excluding carboxylic acids is 2. The van der Waals surface area contributed by atoms with Crippen molar-refractivity contribution in [2.24, 2.45) is 0 Å². The van der Waals surface area contributed by atoms with Crippen LogP contribution < -0.4 is 5.32 Å². The number of amides is 2. The number of aryl methyl sites for hydroxylation is 1. The number of aromatic nitrogens is 2. The molecule has 9 nitrogen and oxygen atoms in total. The summed E-state index contributed by atoms with van der Waals surface area (Å²) in [5.41, 5.74) is 0.655. The standard InChI is InChI=1S/C23H24FN5O4S/c1-16-25-8-9-29(16)22-7-6-19(15-21(22)24)26-23(31)18-4-3-5-20(14-18)34(32,33)28-12-10-27(11-13-28)17(2)30/h3-9,14-15H,10-13H2,1-2H3,(H,26,31). The number of halogens is 1. The Morgan fingerprint density at radius 1 is 1.06 bits per heavy atom. The highest BCUT2D eigenvalue weighted by Gasteiger charge is 2.29. The van der Waals surface area contributed by atoms with Crippen LogP contribution in [0.2, 0.25) is 0 Å². The Hall–Kier alpha value is -3.57. The third-order valence-corrected chi connectivity index (χ3v) is 7.60. The van der Waals surface area contributed by atoms with Crippen LogP contribution in [0, 0.1) is 12.7 Å². The summed E-state index contributed by atoms with van der Waals surface area (Å²) in [6.07, 6.45) is 3.20. The molecule has 1 aliphatic rings. The SMILES string of the molecule is CC(=O)N1CCN(S(=O)(=O)c2cccc(C(=O)Nc3ccc(-n4ccnc4C)c(F)c3)c2)CC1. The van der Waals surface area contributed by atoms with Crippen molar-refractivity contribution >= 4 is 27.5 Å². The Bertz CT molecular complexity index is 1350. The highest BCUT2D eigenvalue weighted by Crippen LogP contribution is 2.22. The van der Waals surface area contributed by atoms with E-state index in [9.17, 15) is 22.4 Å². The number of nitrogens with zero attached hydrogens (tertiary/aromatic N) is 4. The van der Waals surface area contributed by atoms with Crippen LogP contribution in [0.4, 0.5) is 10.1 Å². The van der Waals surface area contributed by atoms with Gasteiger partial charge in [-0.2, -0.15) is 4.31 Å². The summed E-state index contributed by atoms with van der Waals surface area (Å²) in [6.45, 7) is 4.19. The average Bonchev–Trinajstić information content (AvgIpc) is 3.24. The van der Waals surface area contributed by atoms with Crippen molar-refractivity contribution in [1.82, 2.24) is 18.8 Å². The van der Waals surface area contributed by atoms with Crippen LogP contribution in [-0.2, 0) is 14.8 Å². The largest absolute Gasteiger partial charge is 0.340 e. The molecule has 0 radical (unpaired) electrons. The number of piperazine rings is 1. The van der Waals surface area contributed by atoms with Gasteiger partial charge in [0.15, 0.2) is 0 Å². The molecule has 34 heavy (non-hydrogen) atoms. The molecular weight excluding hydrogens is 461 g/mol. The van der Waals surface area contributed by atoms with Gasteiger partial charge in [0.25, 0.3) is 5.91 Å². The number of nitrogens with one attached hydrogen (secondary N) is 1. The molecule has 3 aromatic rings. The second-order valence-corrected chi connectivity index (χ2v) is 9.84. The molecule has 2 aromatic carbocycles. The van der Waals surface area contributed by atoms with Gasteiger partial charge in [-0.3, -0.25) is 9.59 Å². The molecule has 1 fully saturated rings. The highest BCUT2D eigenvalue weighted by molar-refractivity contribution is 7.89. The predicted molar refractivity (Wildman–Crippen MR) is 124 cm³/mol. The summed E-state index contributed by atoms with van der Waals surface area (Å²) in [4.78, 5) is 29.9. The van der Waals surface area contributed by atoms with Crippen LogP contribution in [0.1, 0.15) is 23.1 Å². The molecule has 0 spiro atoms. The Kier molecular flexibility index (Phi) is 6.49. The summed E-state index contributed by atoms with van der Waals surface area (Å²) < 4.78 is 43.6. The lowest BCUT2D eigenvalue weighted by molar-refractivity contribution is -0.129. The average molecular weight is 486 g/mol. The van der Waals surface area contributed by atoms with Crippen LogP contribution in [-0.4, -0.2) is 65.2 Å². The first-order valence-electron chi connectivity index (χ1n) is 10.6. The first kappa shape index (κ1) is 23.6. The van der Waals surface area contributed by atoms with E-state index in [1.807, 2.05) is 0 Å². The van der Waals surface area contributed by atoms with Crippen molar-refractivity contribution < 1.29 is 22.4 Å². The van der Waals surface area contributed by atoms with Gasteiger partial charge in [-0.05, 0) is 43.3 Å². The van der Waals surface area contributed by atoms with Crippen molar-refractivity contribution in [1.29, 1.82) is 0 Å². The van der Waals surface area contributed by atoms with E-state index in [-0.39, 0.29) is 35.1 Å². The Balaban J connectivity index is 1.49. The molecule has 1 aromatic heterocycles. The van der Waals surface area contributed by atoms with Crippen LogP contribution in [0.25, 0.3) is 5.69 Å². The quantitative estimate of drug-likeness (QED) is 0.598. The number of imidazole rings is 1. The van der Waals surface area contributed by atoms with Crippen molar-refractivity contribution in [2.45, 2.75) is 18.7 Å². The maximum atomic E-state index is 14.6. The molecular formula is C23H24FN5O4S. The molecule has 2 heterocycles. The molecule has 0 atom stereocenters. The van der Waals surface area contributed by atoms with Gasteiger partial charge >= 0.3 is 0 Å². The molecule has 0 unspecified atom stereocenters. The fourth-order valence-corrected chi connectivity index (χ4v) is 5.27. The lowest BCUT2D eigenvalue weighted by Gasteiger charge is -2.33. The Labute approximate surface area is 196 Å². The molecule has 1 saturated heterocycles. The van der Waals surface area contributed by atoms with E-state index in [4.69, 9.17) is 0 Å². The summed E-state index contributed by atoms with van der Waals surface area (Å²) in [5.74, 6) is -0.582. The second kappa shape index (κ2) is 9.35. The summed E-state index contributed by atoms with van der Waals surface area (Å²) in [6, 6.07) is 9.97. The highest BCUT2D eigenvalue weighted by atomic mass is 32.2.